The zero-order chi connectivity index (χ0) is 12.6. The van der Waals surface area contributed by atoms with Gasteiger partial charge in [0.05, 0.1) is 16.1 Å². The van der Waals surface area contributed by atoms with Crippen LogP contribution in [0.4, 0.5) is 8.78 Å². The number of phenols is 1. The zero-order valence-electron chi connectivity index (χ0n) is 8.86. The number of hydrogen-bond acceptors (Lipinski definition) is 3. The van der Waals surface area contributed by atoms with Gasteiger partial charge < -0.3 is 10.8 Å². The summed E-state index contributed by atoms with van der Waals surface area (Å²) in [5.41, 5.74) is 5.59. The Labute approximate surface area is 121 Å². The van der Waals surface area contributed by atoms with Crippen LogP contribution in [0.1, 0.15) is 16.5 Å². The number of nitrogens with two attached hydrogens (primary N) is 1. The fourth-order valence-corrected chi connectivity index (χ4v) is 2.65. The highest BCUT2D eigenvalue weighted by atomic mass is 79.9. The molecule has 1 aromatic heterocycles. The number of halogens is 4. The van der Waals surface area contributed by atoms with Crippen molar-refractivity contribution in [1.82, 2.24) is 0 Å². The van der Waals surface area contributed by atoms with Gasteiger partial charge in [0.1, 0.15) is 5.75 Å². The van der Waals surface area contributed by atoms with Crippen LogP contribution in [0, 0.1) is 11.6 Å². The van der Waals surface area contributed by atoms with Crippen molar-refractivity contribution in [3.05, 3.63) is 50.1 Å². The van der Waals surface area contributed by atoms with E-state index in [-0.39, 0.29) is 28.2 Å². The van der Waals surface area contributed by atoms with E-state index in [1.54, 1.807) is 17.5 Å². The molecule has 1 aromatic carbocycles. The standard InChI is InChI=1S/C11H8BrF2NOS.ClH/c12-5-4-6(13)9(14)8(11(5)16)10(15)7-2-1-3-17-7;/h1-4,10,16H,15H2;1H/t10-;/m0./s1. The van der Waals surface area contributed by atoms with Crippen molar-refractivity contribution < 1.29 is 13.9 Å². The second kappa shape index (κ2) is 5.97. The van der Waals surface area contributed by atoms with Gasteiger partial charge in [-0.15, -0.1) is 23.7 Å². The molecule has 0 spiro atoms. The van der Waals surface area contributed by atoms with Crippen molar-refractivity contribution in [3.63, 3.8) is 0 Å². The molecule has 0 saturated heterocycles. The largest absolute Gasteiger partial charge is 0.506 e. The average Bonchev–Trinajstić information content (AvgIpc) is 2.80. The lowest BCUT2D eigenvalue weighted by molar-refractivity contribution is 0.434. The summed E-state index contributed by atoms with van der Waals surface area (Å²) < 4.78 is 27.0. The maximum Gasteiger partial charge on any atom is 0.167 e. The Hall–Kier alpha value is -0.690. The molecule has 2 rings (SSSR count). The van der Waals surface area contributed by atoms with Crippen LogP contribution in [0.2, 0.25) is 0 Å². The first kappa shape index (κ1) is 15.4. The number of phenolic OH excluding ortho intramolecular Hbond substituents is 1. The topological polar surface area (TPSA) is 46.2 Å². The first-order valence-electron chi connectivity index (χ1n) is 4.67. The summed E-state index contributed by atoms with van der Waals surface area (Å²) in [4.78, 5) is 0.650. The third kappa shape index (κ3) is 2.66. The van der Waals surface area contributed by atoms with Crippen LogP contribution in [0.5, 0.6) is 5.75 Å². The number of thiophene rings is 1. The van der Waals surface area contributed by atoms with Crippen molar-refractivity contribution in [2.75, 3.05) is 0 Å². The van der Waals surface area contributed by atoms with Crippen LogP contribution in [0.3, 0.4) is 0 Å². The molecule has 7 heteroatoms. The SMILES string of the molecule is Cl.N[C@@H](c1cccs1)c1c(O)c(Br)cc(F)c1F. The Bertz CT molecular complexity index is 524. The van der Waals surface area contributed by atoms with Crippen LogP contribution < -0.4 is 5.73 Å². The summed E-state index contributed by atoms with van der Waals surface area (Å²) in [6.45, 7) is 0. The van der Waals surface area contributed by atoms with E-state index in [0.717, 1.165) is 6.07 Å². The van der Waals surface area contributed by atoms with Gasteiger partial charge >= 0.3 is 0 Å². The van der Waals surface area contributed by atoms with Crippen molar-refractivity contribution in [2.24, 2.45) is 5.73 Å². The van der Waals surface area contributed by atoms with Crippen molar-refractivity contribution in [1.29, 1.82) is 0 Å². The van der Waals surface area contributed by atoms with Crippen LogP contribution in [0.15, 0.2) is 28.1 Å². The minimum Gasteiger partial charge on any atom is -0.506 e. The minimum atomic E-state index is -1.12. The molecule has 0 aliphatic carbocycles. The van der Waals surface area contributed by atoms with Gasteiger partial charge in [0.2, 0.25) is 0 Å². The van der Waals surface area contributed by atoms with E-state index in [9.17, 15) is 13.9 Å². The summed E-state index contributed by atoms with van der Waals surface area (Å²) in [7, 11) is 0. The predicted molar refractivity (Wildman–Crippen MR) is 73.3 cm³/mol. The third-order valence-electron chi connectivity index (χ3n) is 2.34. The molecule has 0 amide bonds. The molecular formula is C11H9BrClF2NOS. The van der Waals surface area contributed by atoms with E-state index in [4.69, 9.17) is 5.73 Å². The molecule has 0 fully saturated rings. The van der Waals surface area contributed by atoms with Crippen LogP contribution in [-0.2, 0) is 0 Å². The summed E-state index contributed by atoms with van der Waals surface area (Å²) in [5.74, 6) is -2.53. The van der Waals surface area contributed by atoms with Crippen LogP contribution >= 0.6 is 39.7 Å². The van der Waals surface area contributed by atoms with Crippen molar-refractivity contribution in [2.45, 2.75) is 6.04 Å². The highest BCUT2D eigenvalue weighted by molar-refractivity contribution is 9.10. The molecule has 1 atom stereocenters. The molecule has 18 heavy (non-hydrogen) atoms. The van der Waals surface area contributed by atoms with Gasteiger partial charge in [-0.1, -0.05) is 6.07 Å². The number of rotatable bonds is 2. The molecule has 0 bridgehead atoms. The van der Waals surface area contributed by atoms with Gasteiger partial charge in [-0.25, -0.2) is 8.78 Å². The molecular weight excluding hydrogens is 348 g/mol. The normalized spacial score (nSPS) is 12.0. The maximum atomic E-state index is 13.7. The number of aromatic hydroxyl groups is 1. The van der Waals surface area contributed by atoms with Crippen molar-refractivity contribution >= 4 is 39.7 Å². The summed E-state index contributed by atoms with van der Waals surface area (Å²) in [5, 5.41) is 11.5. The molecule has 3 N–H and O–H groups in total. The monoisotopic (exact) mass is 355 g/mol. The fraction of sp³-hybridized carbons (Fsp3) is 0.0909. The second-order valence-corrected chi connectivity index (χ2v) is 5.24. The molecule has 0 aliphatic heterocycles. The lowest BCUT2D eigenvalue weighted by atomic mass is 10.0. The average molecular weight is 357 g/mol. The summed E-state index contributed by atoms with van der Waals surface area (Å²) >= 11 is 4.27. The Kier molecular flexibility index (Phi) is 5.10. The van der Waals surface area contributed by atoms with E-state index in [1.807, 2.05) is 0 Å². The van der Waals surface area contributed by atoms with Crippen molar-refractivity contribution in [3.8, 4) is 5.75 Å². The lowest BCUT2D eigenvalue weighted by Gasteiger charge is -2.14. The number of benzene rings is 1. The predicted octanol–water partition coefficient (Wildman–Crippen LogP) is 3.96. The molecule has 1 heterocycles. The third-order valence-corrected chi connectivity index (χ3v) is 3.90. The Balaban J connectivity index is 0.00000162. The maximum absolute atomic E-state index is 13.7. The molecule has 0 radical (unpaired) electrons. The van der Waals surface area contributed by atoms with E-state index < -0.39 is 17.7 Å². The van der Waals surface area contributed by atoms with Gasteiger partial charge in [0.25, 0.3) is 0 Å². The molecule has 0 saturated carbocycles. The van der Waals surface area contributed by atoms with Gasteiger partial charge in [-0.3, -0.25) is 0 Å². The van der Waals surface area contributed by atoms with Gasteiger partial charge in [-0.2, -0.15) is 0 Å². The fourth-order valence-electron chi connectivity index (χ4n) is 1.50. The highest BCUT2D eigenvalue weighted by Gasteiger charge is 2.23. The molecule has 2 aromatic rings. The van der Waals surface area contributed by atoms with E-state index in [0.29, 0.717) is 4.88 Å². The zero-order valence-corrected chi connectivity index (χ0v) is 12.1. The van der Waals surface area contributed by atoms with Gasteiger partial charge in [0, 0.05) is 4.88 Å². The van der Waals surface area contributed by atoms with E-state index in [2.05, 4.69) is 15.9 Å². The highest BCUT2D eigenvalue weighted by Crippen LogP contribution is 2.38. The van der Waals surface area contributed by atoms with E-state index >= 15 is 0 Å². The first-order valence-corrected chi connectivity index (χ1v) is 6.35. The van der Waals surface area contributed by atoms with Crippen LogP contribution in [-0.4, -0.2) is 5.11 Å². The number of hydrogen-bond donors (Lipinski definition) is 2. The molecule has 2 nitrogen and oxygen atoms in total. The van der Waals surface area contributed by atoms with Crippen LogP contribution in [0.25, 0.3) is 0 Å². The Morgan fingerprint density at radius 3 is 2.61 bits per heavy atom. The van der Waals surface area contributed by atoms with Gasteiger partial charge in [-0.05, 0) is 33.4 Å². The first-order chi connectivity index (χ1) is 8.02. The smallest absolute Gasteiger partial charge is 0.167 e. The van der Waals surface area contributed by atoms with Gasteiger partial charge in [0.15, 0.2) is 11.6 Å². The molecule has 98 valence electrons. The van der Waals surface area contributed by atoms with E-state index in [1.165, 1.54) is 11.3 Å². The summed E-state index contributed by atoms with van der Waals surface area (Å²) in [6, 6.07) is 3.44. The minimum absolute atomic E-state index is 0. The molecule has 0 unspecified atom stereocenters. The summed E-state index contributed by atoms with van der Waals surface area (Å²) in [6.07, 6.45) is 0. The quantitative estimate of drug-likeness (QED) is 0.800. The molecule has 0 aliphatic rings. The Morgan fingerprint density at radius 1 is 1.39 bits per heavy atom. The second-order valence-electron chi connectivity index (χ2n) is 3.41. The lowest BCUT2D eigenvalue weighted by Crippen LogP contribution is -2.13. The Morgan fingerprint density at radius 2 is 2.06 bits per heavy atom.